The van der Waals surface area contributed by atoms with E-state index in [-0.39, 0.29) is 5.91 Å². The highest BCUT2D eigenvalue weighted by Crippen LogP contribution is 2.20. The summed E-state index contributed by atoms with van der Waals surface area (Å²) in [7, 11) is 0. The topological polar surface area (TPSA) is 68.5 Å². The molecule has 0 fully saturated rings. The lowest BCUT2D eigenvalue weighted by Crippen LogP contribution is -2.28. The van der Waals surface area contributed by atoms with Crippen LogP contribution in [-0.4, -0.2) is 27.5 Å². The first-order valence-electron chi connectivity index (χ1n) is 7.71. The number of nitrogens with one attached hydrogen (secondary N) is 1. The second-order valence-electron chi connectivity index (χ2n) is 5.68. The third-order valence-electron chi connectivity index (χ3n) is 3.86. The zero-order valence-electron chi connectivity index (χ0n) is 13.5. The van der Waals surface area contributed by atoms with E-state index in [4.69, 9.17) is 4.84 Å². The Morgan fingerprint density at radius 2 is 2.09 bits per heavy atom. The maximum absolute atomic E-state index is 12.3. The number of aromatic nitrogens is 2. The van der Waals surface area contributed by atoms with Gasteiger partial charge in [-0.3, -0.25) is 9.48 Å². The van der Waals surface area contributed by atoms with E-state index in [1.807, 2.05) is 55.9 Å². The van der Waals surface area contributed by atoms with Gasteiger partial charge in [-0.1, -0.05) is 22.9 Å². The summed E-state index contributed by atoms with van der Waals surface area (Å²) in [6.07, 6.45) is 1.79. The SMILES string of the molecule is CCn1cc(C2=NO[C@H](C(=O)Nc3ccc(C)cc3)C2)c(C)n1. The summed E-state index contributed by atoms with van der Waals surface area (Å²) < 4.78 is 1.85. The van der Waals surface area contributed by atoms with Crippen molar-refractivity contribution in [1.29, 1.82) is 0 Å². The van der Waals surface area contributed by atoms with Gasteiger partial charge in [-0.15, -0.1) is 0 Å². The largest absolute Gasteiger partial charge is 0.382 e. The number of carbonyl (C=O) groups is 1. The normalized spacial score (nSPS) is 16.8. The summed E-state index contributed by atoms with van der Waals surface area (Å²) in [6.45, 7) is 6.77. The first kappa shape index (κ1) is 15.3. The highest BCUT2D eigenvalue weighted by Gasteiger charge is 2.30. The Kier molecular flexibility index (Phi) is 4.14. The lowest BCUT2D eigenvalue weighted by molar-refractivity contribution is -0.125. The molecule has 6 nitrogen and oxygen atoms in total. The zero-order chi connectivity index (χ0) is 16.4. The summed E-state index contributed by atoms with van der Waals surface area (Å²) in [5.41, 5.74) is 4.51. The second-order valence-corrected chi connectivity index (χ2v) is 5.68. The average molecular weight is 312 g/mol. The molecular formula is C17H20N4O2. The van der Waals surface area contributed by atoms with Crippen LogP contribution < -0.4 is 5.32 Å². The molecule has 2 aromatic rings. The smallest absolute Gasteiger partial charge is 0.268 e. The molecule has 1 N–H and O–H groups in total. The Bertz CT molecular complexity index is 746. The molecule has 0 unspecified atom stereocenters. The van der Waals surface area contributed by atoms with Gasteiger partial charge in [-0.25, -0.2) is 0 Å². The van der Waals surface area contributed by atoms with Gasteiger partial charge in [0.05, 0.1) is 11.4 Å². The second kappa shape index (κ2) is 6.24. The monoisotopic (exact) mass is 312 g/mol. The summed E-state index contributed by atoms with van der Waals surface area (Å²) in [4.78, 5) is 17.6. The van der Waals surface area contributed by atoms with Crippen LogP contribution in [0.5, 0.6) is 0 Å². The van der Waals surface area contributed by atoms with Crippen molar-refractivity contribution in [2.45, 2.75) is 39.8 Å². The van der Waals surface area contributed by atoms with E-state index in [1.54, 1.807) is 0 Å². The Balaban J connectivity index is 1.65. The van der Waals surface area contributed by atoms with E-state index in [0.29, 0.717) is 6.42 Å². The highest BCUT2D eigenvalue weighted by atomic mass is 16.6. The quantitative estimate of drug-likeness (QED) is 0.943. The molecule has 0 aliphatic carbocycles. The molecule has 23 heavy (non-hydrogen) atoms. The molecule has 120 valence electrons. The van der Waals surface area contributed by atoms with Crippen LogP contribution >= 0.6 is 0 Å². The first-order valence-corrected chi connectivity index (χ1v) is 7.71. The Morgan fingerprint density at radius 3 is 2.74 bits per heavy atom. The molecule has 6 heteroatoms. The van der Waals surface area contributed by atoms with E-state index < -0.39 is 6.10 Å². The van der Waals surface area contributed by atoms with Crippen LogP contribution in [0.3, 0.4) is 0 Å². The van der Waals surface area contributed by atoms with E-state index >= 15 is 0 Å². The van der Waals surface area contributed by atoms with Crippen LogP contribution in [0.4, 0.5) is 5.69 Å². The minimum atomic E-state index is -0.601. The number of hydrogen-bond donors (Lipinski definition) is 1. The molecule has 0 bridgehead atoms. The van der Waals surface area contributed by atoms with E-state index in [1.165, 1.54) is 0 Å². The van der Waals surface area contributed by atoms with Crippen molar-refractivity contribution in [3.63, 3.8) is 0 Å². The van der Waals surface area contributed by atoms with Gasteiger partial charge >= 0.3 is 0 Å². The van der Waals surface area contributed by atoms with Gasteiger partial charge in [-0.05, 0) is 32.9 Å². The molecular weight excluding hydrogens is 292 g/mol. The number of anilines is 1. The molecule has 1 atom stereocenters. The summed E-state index contributed by atoms with van der Waals surface area (Å²) >= 11 is 0. The molecule has 1 aromatic heterocycles. The van der Waals surface area contributed by atoms with Crippen molar-refractivity contribution in [2.24, 2.45) is 5.16 Å². The molecule has 1 aromatic carbocycles. The minimum absolute atomic E-state index is 0.187. The standard InChI is InChI=1S/C17H20N4O2/c1-4-21-10-14(12(3)19-21)15-9-16(23-20-15)17(22)18-13-7-5-11(2)6-8-13/h5-8,10,16H,4,9H2,1-3H3,(H,18,22)/t16-/m0/s1. The number of nitrogens with zero attached hydrogens (tertiary/aromatic N) is 3. The van der Waals surface area contributed by atoms with Gasteiger partial charge in [0, 0.05) is 30.4 Å². The van der Waals surface area contributed by atoms with Crippen LogP contribution in [0.25, 0.3) is 0 Å². The summed E-state index contributed by atoms with van der Waals surface area (Å²) in [6, 6.07) is 7.66. The van der Waals surface area contributed by atoms with Crippen molar-refractivity contribution < 1.29 is 9.63 Å². The zero-order valence-corrected chi connectivity index (χ0v) is 13.5. The average Bonchev–Trinajstić information content (AvgIpc) is 3.16. The van der Waals surface area contributed by atoms with Crippen molar-refractivity contribution in [2.75, 3.05) is 5.32 Å². The summed E-state index contributed by atoms with van der Waals surface area (Å²) in [5.74, 6) is -0.187. The number of amides is 1. The predicted molar refractivity (Wildman–Crippen MR) is 88.5 cm³/mol. The minimum Gasteiger partial charge on any atom is -0.382 e. The highest BCUT2D eigenvalue weighted by molar-refractivity contribution is 6.06. The van der Waals surface area contributed by atoms with Crippen molar-refractivity contribution in [1.82, 2.24) is 9.78 Å². The maximum Gasteiger partial charge on any atom is 0.268 e. The van der Waals surface area contributed by atoms with Crippen LogP contribution in [0.1, 0.15) is 30.2 Å². The molecule has 1 aliphatic rings. The molecule has 1 aliphatic heterocycles. The predicted octanol–water partition coefficient (Wildman–Crippen LogP) is 2.65. The van der Waals surface area contributed by atoms with Gasteiger partial charge in [0.15, 0.2) is 0 Å². The molecule has 0 saturated carbocycles. The third-order valence-corrected chi connectivity index (χ3v) is 3.86. The molecule has 3 rings (SSSR count). The summed E-state index contributed by atoms with van der Waals surface area (Å²) in [5, 5.41) is 11.3. The number of oxime groups is 1. The van der Waals surface area contributed by atoms with Gasteiger partial charge in [0.2, 0.25) is 6.10 Å². The fourth-order valence-corrected chi connectivity index (χ4v) is 2.50. The number of rotatable bonds is 4. The van der Waals surface area contributed by atoms with Crippen LogP contribution in [0, 0.1) is 13.8 Å². The van der Waals surface area contributed by atoms with Crippen LogP contribution in [-0.2, 0) is 16.2 Å². The van der Waals surface area contributed by atoms with Gasteiger partial charge in [-0.2, -0.15) is 5.10 Å². The van der Waals surface area contributed by atoms with Crippen LogP contribution in [0.15, 0.2) is 35.6 Å². The van der Waals surface area contributed by atoms with E-state index in [0.717, 1.165) is 34.8 Å². The fourth-order valence-electron chi connectivity index (χ4n) is 2.50. The van der Waals surface area contributed by atoms with Gasteiger partial charge in [0.1, 0.15) is 0 Å². The molecule has 2 heterocycles. The Hall–Kier alpha value is -2.63. The molecule has 0 radical (unpaired) electrons. The van der Waals surface area contributed by atoms with Crippen molar-refractivity contribution in [3.05, 3.63) is 47.3 Å². The third kappa shape index (κ3) is 3.26. The van der Waals surface area contributed by atoms with Crippen molar-refractivity contribution >= 4 is 17.3 Å². The number of hydrogen-bond acceptors (Lipinski definition) is 4. The molecule has 0 spiro atoms. The van der Waals surface area contributed by atoms with E-state index in [9.17, 15) is 4.79 Å². The Morgan fingerprint density at radius 1 is 1.35 bits per heavy atom. The fraction of sp³-hybridized carbons (Fsp3) is 0.353. The van der Waals surface area contributed by atoms with Crippen LogP contribution in [0.2, 0.25) is 0 Å². The number of carbonyl (C=O) groups excluding carboxylic acids is 1. The van der Waals surface area contributed by atoms with Gasteiger partial charge < -0.3 is 10.2 Å². The molecule has 0 saturated heterocycles. The first-order chi connectivity index (χ1) is 11.1. The Labute approximate surface area is 135 Å². The lowest BCUT2D eigenvalue weighted by atomic mass is 10.1. The van der Waals surface area contributed by atoms with E-state index in [2.05, 4.69) is 15.6 Å². The maximum atomic E-state index is 12.3. The van der Waals surface area contributed by atoms with Gasteiger partial charge in [0.25, 0.3) is 5.91 Å². The lowest BCUT2D eigenvalue weighted by Gasteiger charge is -2.09. The van der Waals surface area contributed by atoms with Crippen molar-refractivity contribution in [3.8, 4) is 0 Å². The number of benzene rings is 1. The number of aryl methyl sites for hydroxylation is 3. The molecule has 1 amide bonds.